The molecule has 0 atom stereocenters. The summed E-state index contributed by atoms with van der Waals surface area (Å²) in [5.74, 6) is 0. The van der Waals surface area contributed by atoms with Crippen molar-refractivity contribution in [1.82, 2.24) is 0 Å². The van der Waals surface area contributed by atoms with Crippen LogP contribution in [-0.2, 0) is 9.84 Å². The quantitative estimate of drug-likeness (QED) is 0.739. The van der Waals surface area contributed by atoms with Gasteiger partial charge in [-0.15, -0.1) is 0 Å². The second kappa shape index (κ2) is 5.86. The summed E-state index contributed by atoms with van der Waals surface area (Å²) in [6, 6.07) is 6.66. The van der Waals surface area contributed by atoms with Crippen LogP contribution in [0.1, 0.15) is 12.8 Å². The zero-order valence-corrected chi connectivity index (χ0v) is 10.1. The van der Waals surface area contributed by atoms with E-state index in [1.54, 1.807) is 24.3 Å². The molecule has 1 aromatic rings. The lowest BCUT2D eigenvalue weighted by Gasteiger charge is -2.06. The van der Waals surface area contributed by atoms with Gasteiger partial charge < -0.3 is 10.4 Å². The van der Waals surface area contributed by atoms with Crippen LogP contribution in [0.4, 0.5) is 5.69 Å². The largest absolute Gasteiger partial charge is 0.396 e. The number of hydrogen-bond donors (Lipinski definition) is 2. The smallest absolute Gasteiger partial charge is 0.175 e. The number of anilines is 1. The van der Waals surface area contributed by atoms with Crippen molar-refractivity contribution in [3.63, 3.8) is 0 Å². The van der Waals surface area contributed by atoms with Crippen molar-refractivity contribution >= 4 is 15.5 Å². The van der Waals surface area contributed by atoms with Crippen LogP contribution in [0.2, 0.25) is 0 Å². The predicted octanol–water partition coefficient (Wildman–Crippen LogP) is 1.27. The van der Waals surface area contributed by atoms with Crippen LogP contribution in [0.25, 0.3) is 0 Å². The van der Waals surface area contributed by atoms with Crippen molar-refractivity contribution in [3.8, 4) is 0 Å². The molecule has 1 rings (SSSR count). The Balaban J connectivity index is 2.52. The first-order chi connectivity index (χ1) is 7.54. The number of rotatable bonds is 6. The summed E-state index contributed by atoms with van der Waals surface area (Å²) in [5, 5.41) is 11.7. The fourth-order valence-corrected chi connectivity index (χ4v) is 1.92. The minimum Gasteiger partial charge on any atom is -0.396 e. The summed E-state index contributed by atoms with van der Waals surface area (Å²) < 4.78 is 22.4. The lowest BCUT2D eigenvalue weighted by molar-refractivity contribution is 0.286. The Kier molecular flexibility index (Phi) is 4.76. The maximum atomic E-state index is 11.2. The molecular weight excluding hydrogens is 226 g/mol. The fourth-order valence-electron chi connectivity index (χ4n) is 1.29. The molecule has 16 heavy (non-hydrogen) atoms. The van der Waals surface area contributed by atoms with Crippen molar-refractivity contribution < 1.29 is 13.5 Å². The van der Waals surface area contributed by atoms with Crippen LogP contribution in [0, 0.1) is 0 Å². The van der Waals surface area contributed by atoms with Gasteiger partial charge in [-0.1, -0.05) is 0 Å². The molecule has 0 fully saturated rings. The molecule has 2 N–H and O–H groups in total. The Hall–Kier alpha value is -1.07. The lowest BCUT2D eigenvalue weighted by Crippen LogP contribution is -2.03. The highest BCUT2D eigenvalue weighted by molar-refractivity contribution is 7.90. The minimum absolute atomic E-state index is 0.203. The van der Waals surface area contributed by atoms with Gasteiger partial charge in [-0.2, -0.15) is 0 Å². The van der Waals surface area contributed by atoms with Gasteiger partial charge in [0.1, 0.15) is 0 Å². The van der Waals surface area contributed by atoms with Gasteiger partial charge in [-0.05, 0) is 37.1 Å². The molecule has 0 saturated heterocycles. The molecule has 0 radical (unpaired) electrons. The Morgan fingerprint density at radius 3 is 2.31 bits per heavy atom. The van der Waals surface area contributed by atoms with Gasteiger partial charge in [0, 0.05) is 25.1 Å². The molecule has 0 aliphatic carbocycles. The van der Waals surface area contributed by atoms with E-state index in [2.05, 4.69) is 5.32 Å². The van der Waals surface area contributed by atoms with Gasteiger partial charge >= 0.3 is 0 Å². The Bertz CT molecular complexity index is 411. The molecule has 0 amide bonds. The van der Waals surface area contributed by atoms with E-state index < -0.39 is 9.84 Å². The Labute approximate surface area is 96.2 Å². The fraction of sp³-hybridized carbons (Fsp3) is 0.455. The van der Waals surface area contributed by atoms with Crippen molar-refractivity contribution in [2.75, 3.05) is 24.7 Å². The summed E-state index contributed by atoms with van der Waals surface area (Å²) in [5.41, 5.74) is 0.894. The predicted molar refractivity (Wildman–Crippen MR) is 64.4 cm³/mol. The van der Waals surface area contributed by atoms with Gasteiger partial charge in [0.05, 0.1) is 4.90 Å². The number of unbranched alkanes of at least 4 members (excludes halogenated alkanes) is 1. The second-order valence-corrected chi connectivity index (χ2v) is 5.67. The highest BCUT2D eigenvalue weighted by Crippen LogP contribution is 2.13. The van der Waals surface area contributed by atoms with E-state index >= 15 is 0 Å². The third kappa shape index (κ3) is 4.20. The van der Waals surface area contributed by atoms with Crippen molar-refractivity contribution in [2.45, 2.75) is 17.7 Å². The monoisotopic (exact) mass is 243 g/mol. The van der Waals surface area contributed by atoms with Crippen molar-refractivity contribution in [1.29, 1.82) is 0 Å². The molecule has 0 aliphatic heterocycles. The highest BCUT2D eigenvalue weighted by atomic mass is 32.2. The summed E-state index contributed by atoms with van der Waals surface area (Å²) in [6.07, 6.45) is 2.86. The van der Waals surface area contributed by atoms with Crippen LogP contribution in [0.3, 0.4) is 0 Å². The zero-order valence-electron chi connectivity index (χ0n) is 9.31. The van der Waals surface area contributed by atoms with E-state index in [1.807, 2.05) is 0 Å². The average Bonchev–Trinajstić information content (AvgIpc) is 2.24. The summed E-state index contributed by atoms with van der Waals surface area (Å²) in [4.78, 5) is 0.327. The molecule has 0 aliphatic rings. The van der Waals surface area contributed by atoms with Crippen LogP contribution in [-0.4, -0.2) is 32.9 Å². The first-order valence-electron chi connectivity index (χ1n) is 5.19. The van der Waals surface area contributed by atoms with Crippen LogP contribution in [0.5, 0.6) is 0 Å². The van der Waals surface area contributed by atoms with E-state index in [0.29, 0.717) is 4.90 Å². The van der Waals surface area contributed by atoms with Gasteiger partial charge in [0.2, 0.25) is 0 Å². The van der Waals surface area contributed by atoms with Crippen LogP contribution < -0.4 is 5.32 Å². The molecule has 0 heterocycles. The van der Waals surface area contributed by atoms with Gasteiger partial charge in [0.15, 0.2) is 9.84 Å². The summed E-state index contributed by atoms with van der Waals surface area (Å²) in [7, 11) is -3.11. The molecule has 0 unspecified atom stereocenters. The third-order valence-electron chi connectivity index (χ3n) is 2.20. The summed E-state index contributed by atoms with van der Waals surface area (Å²) in [6.45, 7) is 0.980. The minimum atomic E-state index is -3.11. The van der Waals surface area contributed by atoms with Gasteiger partial charge in [-0.3, -0.25) is 0 Å². The molecule has 1 aromatic carbocycles. The van der Waals surface area contributed by atoms with Gasteiger partial charge in [0.25, 0.3) is 0 Å². The molecule has 90 valence electrons. The second-order valence-electron chi connectivity index (χ2n) is 3.65. The highest BCUT2D eigenvalue weighted by Gasteiger charge is 2.05. The molecule has 5 heteroatoms. The first kappa shape index (κ1) is 13.0. The summed E-state index contributed by atoms with van der Waals surface area (Å²) >= 11 is 0. The number of nitrogens with one attached hydrogen (secondary N) is 1. The molecule has 0 saturated carbocycles. The number of hydrogen-bond acceptors (Lipinski definition) is 4. The lowest BCUT2D eigenvalue weighted by atomic mass is 10.3. The SMILES string of the molecule is CS(=O)(=O)c1ccc(NCCCCO)cc1. The van der Waals surface area contributed by atoms with E-state index in [9.17, 15) is 8.42 Å². The van der Waals surface area contributed by atoms with E-state index in [-0.39, 0.29) is 6.61 Å². The maximum Gasteiger partial charge on any atom is 0.175 e. The van der Waals surface area contributed by atoms with Gasteiger partial charge in [-0.25, -0.2) is 8.42 Å². The standard InChI is InChI=1S/C11H17NO3S/c1-16(14,15)11-6-4-10(5-7-11)12-8-2-3-9-13/h4-7,12-13H,2-3,8-9H2,1H3. The number of sulfone groups is 1. The molecule has 0 spiro atoms. The first-order valence-corrected chi connectivity index (χ1v) is 7.08. The number of aliphatic hydroxyl groups excluding tert-OH is 1. The Morgan fingerprint density at radius 1 is 1.19 bits per heavy atom. The number of benzene rings is 1. The van der Waals surface area contributed by atoms with Crippen LogP contribution >= 0.6 is 0 Å². The molecular formula is C11H17NO3S. The molecule has 0 aromatic heterocycles. The molecule has 4 nitrogen and oxygen atoms in total. The topological polar surface area (TPSA) is 66.4 Å². The van der Waals surface area contributed by atoms with E-state index in [4.69, 9.17) is 5.11 Å². The average molecular weight is 243 g/mol. The van der Waals surface area contributed by atoms with E-state index in [0.717, 1.165) is 25.1 Å². The molecule has 0 bridgehead atoms. The maximum absolute atomic E-state index is 11.2. The van der Waals surface area contributed by atoms with Crippen LogP contribution in [0.15, 0.2) is 29.2 Å². The van der Waals surface area contributed by atoms with E-state index in [1.165, 1.54) is 6.26 Å². The zero-order chi connectivity index (χ0) is 12.0. The van der Waals surface area contributed by atoms with Crippen molar-refractivity contribution in [3.05, 3.63) is 24.3 Å². The van der Waals surface area contributed by atoms with Crippen molar-refractivity contribution in [2.24, 2.45) is 0 Å². The normalized spacial score (nSPS) is 11.4. The number of aliphatic hydroxyl groups is 1. The third-order valence-corrected chi connectivity index (χ3v) is 3.32. The Morgan fingerprint density at radius 2 is 1.81 bits per heavy atom.